The standard InChI is InChI=1S/C18H22N4O2S.C2HF3O2/c1-13-4-8-25-15(13)16(23)22-11-18(12-22)5-3-14(10-24-18)9-21-17-19-6-2-7-20-17;3-2(4,5)1(6)7/h2,4,6-8,14H,3,5,9-12H2,1H3,(H,19,20,21);(H,6,7). The Morgan fingerprint density at radius 1 is 1.34 bits per heavy atom. The molecule has 2 saturated heterocycles. The molecule has 2 aromatic rings. The fraction of sp³-hybridized carbons (Fsp3) is 0.500. The van der Waals surface area contributed by atoms with Crippen LogP contribution in [0.3, 0.4) is 0 Å². The molecule has 2 aliphatic rings. The number of ether oxygens (including phenoxy) is 1. The monoisotopic (exact) mass is 472 g/mol. The number of thiophene rings is 1. The topological polar surface area (TPSA) is 105 Å². The maximum atomic E-state index is 12.5. The Balaban J connectivity index is 0.000000360. The molecule has 4 rings (SSSR count). The van der Waals surface area contributed by atoms with Gasteiger partial charge >= 0.3 is 12.1 Å². The van der Waals surface area contributed by atoms with E-state index in [2.05, 4.69) is 15.3 Å². The van der Waals surface area contributed by atoms with Crippen molar-refractivity contribution in [1.82, 2.24) is 14.9 Å². The first-order valence-corrected chi connectivity index (χ1v) is 10.8. The molecule has 0 bridgehead atoms. The summed E-state index contributed by atoms with van der Waals surface area (Å²) in [6, 6.07) is 3.80. The van der Waals surface area contributed by atoms with Crippen LogP contribution in [0, 0.1) is 12.8 Å². The number of anilines is 1. The average Bonchev–Trinajstić information content (AvgIpc) is 3.17. The molecule has 2 N–H and O–H groups in total. The van der Waals surface area contributed by atoms with E-state index < -0.39 is 12.1 Å². The van der Waals surface area contributed by atoms with Crippen molar-refractivity contribution in [2.45, 2.75) is 31.5 Å². The molecule has 2 aliphatic heterocycles. The fourth-order valence-electron chi connectivity index (χ4n) is 3.48. The lowest BCUT2D eigenvalue weighted by molar-refractivity contribution is -0.192. The van der Waals surface area contributed by atoms with Gasteiger partial charge in [0.15, 0.2) is 0 Å². The highest BCUT2D eigenvalue weighted by Crippen LogP contribution is 2.37. The van der Waals surface area contributed by atoms with Gasteiger partial charge in [0.25, 0.3) is 5.91 Å². The number of nitrogens with zero attached hydrogens (tertiary/aromatic N) is 3. The zero-order valence-corrected chi connectivity index (χ0v) is 18.1. The number of carbonyl (C=O) groups excluding carboxylic acids is 1. The molecule has 0 saturated carbocycles. The summed E-state index contributed by atoms with van der Waals surface area (Å²) in [5.74, 6) is -1.49. The van der Waals surface area contributed by atoms with Gasteiger partial charge in [0.05, 0.1) is 24.6 Å². The normalized spacial score (nSPS) is 19.5. The van der Waals surface area contributed by atoms with Gasteiger partial charge in [-0.05, 0) is 48.8 Å². The molecule has 2 fully saturated rings. The summed E-state index contributed by atoms with van der Waals surface area (Å²) < 4.78 is 37.9. The Morgan fingerprint density at radius 2 is 2.00 bits per heavy atom. The van der Waals surface area contributed by atoms with Crippen LogP contribution in [0.5, 0.6) is 0 Å². The smallest absolute Gasteiger partial charge is 0.475 e. The first-order chi connectivity index (χ1) is 15.1. The molecular formula is C20H23F3N4O4S. The van der Waals surface area contributed by atoms with E-state index in [0.29, 0.717) is 25.0 Å². The Kier molecular flexibility index (Phi) is 7.34. The summed E-state index contributed by atoms with van der Waals surface area (Å²) in [5, 5.41) is 12.4. The molecule has 0 aromatic carbocycles. The zero-order chi connectivity index (χ0) is 23.4. The highest BCUT2D eigenvalue weighted by Gasteiger charge is 2.48. The van der Waals surface area contributed by atoms with Crippen LogP contribution in [0.1, 0.15) is 28.1 Å². The molecule has 12 heteroatoms. The van der Waals surface area contributed by atoms with Crippen LogP contribution in [0.2, 0.25) is 0 Å². The van der Waals surface area contributed by atoms with Crippen LogP contribution < -0.4 is 5.32 Å². The molecule has 32 heavy (non-hydrogen) atoms. The van der Waals surface area contributed by atoms with Crippen LogP contribution in [-0.2, 0) is 9.53 Å². The van der Waals surface area contributed by atoms with E-state index in [1.807, 2.05) is 23.3 Å². The number of rotatable bonds is 4. The first kappa shape index (κ1) is 23.9. The van der Waals surface area contributed by atoms with Gasteiger partial charge < -0.3 is 20.1 Å². The van der Waals surface area contributed by atoms with Gasteiger partial charge in [-0.2, -0.15) is 13.2 Å². The van der Waals surface area contributed by atoms with E-state index in [-0.39, 0.29) is 11.5 Å². The molecule has 1 atom stereocenters. The Labute approximate surface area is 186 Å². The zero-order valence-electron chi connectivity index (χ0n) is 17.3. The van der Waals surface area contributed by atoms with E-state index in [9.17, 15) is 18.0 Å². The number of carbonyl (C=O) groups is 2. The van der Waals surface area contributed by atoms with Crippen molar-refractivity contribution in [2.24, 2.45) is 5.92 Å². The maximum Gasteiger partial charge on any atom is 0.490 e. The SMILES string of the molecule is Cc1ccsc1C(=O)N1CC2(CCC(CNc3ncccn3)CO2)C1.O=C(O)C(F)(F)F. The molecule has 2 aromatic heterocycles. The minimum Gasteiger partial charge on any atom is -0.475 e. The number of halogens is 3. The summed E-state index contributed by atoms with van der Waals surface area (Å²) >= 11 is 1.52. The fourth-order valence-corrected chi connectivity index (χ4v) is 4.37. The Hall–Kier alpha value is -2.73. The van der Waals surface area contributed by atoms with E-state index in [4.69, 9.17) is 14.6 Å². The molecule has 0 aliphatic carbocycles. The van der Waals surface area contributed by atoms with Gasteiger partial charge in [0.1, 0.15) is 5.60 Å². The third-order valence-corrected chi connectivity index (χ3v) is 6.30. The highest BCUT2D eigenvalue weighted by atomic mass is 32.1. The van der Waals surface area contributed by atoms with Gasteiger partial charge in [-0.25, -0.2) is 14.8 Å². The van der Waals surface area contributed by atoms with Crippen molar-refractivity contribution in [1.29, 1.82) is 0 Å². The van der Waals surface area contributed by atoms with E-state index in [1.165, 1.54) is 11.3 Å². The number of hydrogen-bond acceptors (Lipinski definition) is 7. The summed E-state index contributed by atoms with van der Waals surface area (Å²) in [6.07, 6.45) is 0.482. The van der Waals surface area contributed by atoms with Crippen LogP contribution in [0.15, 0.2) is 29.9 Å². The number of likely N-dealkylation sites (tertiary alicyclic amines) is 1. The lowest BCUT2D eigenvalue weighted by atomic mass is 9.82. The summed E-state index contributed by atoms with van der Waals surface area (Å²) in [5.41, 5.74) is 0.940. The molecule has 1 unspecified atom stereocenters. The predicted octanol–water partition coefficient (Wildman–Crippen LogP) is 3.21. The molecule has 8 nitrogen and oxygen atoms in total. The Bertz CT molecular complexity index is 922. The van der Waals surface area contributed by atoms with Crippen molar-refractivity contribution in [3.63, 3.8) is 0 Å². The van der Waals surface area contributed by atoms with E-state index >= 15 is 0 Å². The number of aryl methyl sites for hydroxylation is 1. The minimum absolute atomic E-state index is 0.124. The van der Waals surface area contributed by atoms with Crippen molar-refractivity contribution in [3.05, 3.63) is 40.3 Å². The molecule has 1 spiro atoms. The Morgan fingerprint density at radius 3 is 2.50 bits per heavy atom. The van der Waals surface area contributed by atoms with Gasteiger partial charge in [-0.3, -0.25) is 4.79 Å². The number of aliphatic carboxylic acids is 1. The van der Waals surface area contributed by atoms with Crippen molar-refractivity contribution >= 4 is 29.2 Å². The second-order valence-corrected chi connectivity index (χ2v) is 8.66. The van der Waals surface area contributed by atoms with Gasteiger partial charge in [0, 0.05) is 18.9 Å². The highest BCUT2D eigenvalue weighted by molar-refractivity contribution is 7.12. The van der Waals surface area contributed by atoms with Crippen LogP contribution >= 0.6 is 11.3 Å². The van der Waals surface area contributed by atoms with Crippen molar-refractivity contribution in [3.8, 4) is 0 Å². The number of alkyl halides is 3. The van der Waals surface area contributed by atoms with Gasteiger partial charge in [-0.1, -0.05) is 0 Å². The molecule has 0 radical (unpaired) electrons. The molecule has 4 heterocycles. The maximum absolute atomic E-state index is 12.5. The lowest BCUT2D eigenvalue weighted by Gasteiger charge is -2.52. The van der Waals surface area contributed by atoms with Gasteiger partial charge in [0.2, 0.25) is 5.95 Å². The lowest BCUT2D eigenvalue weighted by Crippen LogP contribution is -2.66. The van der Waals surface area contributed by atoms with E-state index in [0.717, 1.165) is 36.4 Å². The molecule has 174 valence electrons. The summed E-state index contributed by atoms with van der Waals surface area (Å²) in [4.78, 5) is 32.5. The second kappa shape index (κ2) is 9.82. The number of carboxylic acid groups (broad SMARTS) is 1. The summed E-state index contributed by atoms with van der Waals surface area (Å²) in [6.45, 7) is 4.96. The quantitative estimate of drug-likeness (QED) is 0.704. The number of aromatic nitrogens is 2. The third-order valence-electron chi connectivity index (χ3n) is 5.29. The number of nitrogens with one attached hydrogen (secondary N) is 1. The van der Waals surface area contributed by atoms with Crippen LogP contribution in [0.4, 0.5) is 19.1 Å². The van der Waals surface area contributed by atoms with E-state index in [1.54, 1.807) is 18.5 Å². The van der Waals surface area contributed by atoms with Crippen LogP contribution in [0.25, 0.3) is 0 Å². The number of hydrogen-bond donors (Lipinski definition) is 2. The van der Waals surface area contributed by atoms with Crippen molar-refractivity contribution < 1.29 is 32.6 Å². The average molecular weight is 472 g/mol. The van der Waals surface area contributed by atoms with Crippen molar-refractivity contribution in [2.75, 3.05) is 31.6 Å². The third kappa shape index (κ3) is 5.94. The molecular weight excluding hydrogens is 449 g/mol. The second-order valence-electron chi connectivity index (χ2n) is 7.75. The van der Waals surface area contributed by atoms with Crippen LogP contribution in [-0.4, -0.2) is 69.9 Å². The van der Waals surface area contributed by atoms with Gasteiger partial charge in [-0.15, -0.1) is 11.3 Å². The number of carboxylic acids is 1. The first-order valence-electron chi connectivity index (χ1n) is 9.88. The predicted molar refractivity (Wildman–Crippen MR) is 111 cm³/mol. The number of amides is 1. The minimum atomic E-state index is -5.08. The molecule has 1 amide bonds. The summed E-state index contributed by atoms with van der Waals surface area (Å²) in [7, 11) is 0. The largest absolute Gasteiger partial charge is 0.490 e.